The van der Waals surface area contributed by atoms with Gasteiger partial charge in [0.05, 0.1) is 36.9 Å². The van der Waals surface area contributed by atoms with Gasteiger partial charge in [-0.25, -0.2) is 0 Å². The predicted molar refractivity (Wildman–Crippen MR) is 214 cm³/mol. The van der Waals surface area contributed by atoms with E-state index in [1.54, 1.807) is 21.3 Å². The van der Waals surface area contributed by atoms with Crippen molar-refractivity contribution in [2.75, 3.05) is 42.0 Å². The molecule has 0 bridgehead atoms. The van der Waals surface area contributed by atoms with E-state index >= 15 is 0 Å². The molecule has 6 unspecified atom stereocenters. The van der Waals surface area contributed by atoms with Crippen LogP contribution in [-0.4, -0.2) is 132 Å². The van der Waals surface area contributed by atoms with E-state index < -0.39 is 18.3 Å². The maximum absolute atomic E-state index is 14.9. The molecule has 3 heterocycles. The quantitative estimate of drug-likeness (QED) is 0.169. The largest absolute Gasteiger partial charge is 0.458 e. The molecule has 3 saturated heterocycles. The van der Waals surface area contributed by atoms with Gasteiger partial charge in [-0.15, -0.1) is 0 Å². The Morgan fingerprint density at radius 1 is 0.807 bits per heavy atom. The average Bonchev–Trinajstić information content (AvgIpc) is 3.72. The Hall–Kier alpha value is -2.00. The summed E-state index contributed by atoms with van der Waals surface area (Å²) in [7, 11) is 9.11. The van der Waals surface area contributed by atoms with Crippen molar-refractivity contribution in [2.45, 2.75) is 160 Å². The van der Waals surface area contributed by atoms with Crippen molar-refractivity contribution >= 4 is 11.8 Å². The Balaban J connectivity index is 1.27. The molecular formula is C45H71NO11. The van der Waals surface area contributed by atoms with Crippen LogP contribution in [0.15, 0.2) is 36.0 Å². The zero-order valence-corrected chi connectivity index (χ0v) is 36.1. The van der Waals surface area contributed by atoms with Gasteiger partial charge in [0.2, 0.25) is 0 Å². The molecule has 3 aliphatic heterocycles. The molecule has 57 heavy (non-hydrogen) atoms. The highest BCUT2D eigenvalue weighted by atomic mass is 16.7. The van der Waals surface area contributed by atoms with Gasteiger partial charge in [-0.05, 0) is 109 Å². The third kappa shape index (κ3) is 9.65. The van der Waals surface area contributed by atoms with E-state index in [9.17, 15) is 9.59 Å². The van der Waals surface area contributed by atoms with Gasteiger partial charge in [0.25, 0.3) is 0 Å². The summed E-state index contributed by atoms with van der Waals surface area (Å²) in [5.41, 5.74) is 0.718. The monoisotopic (exact) mass is 802 g/mol. The standard InChI is InChI=1S/C45H71NO11/c1-11-13-15-28-16-14-17-36(56-39-21-20-35(46(6)7)26(4)53-39)25(3)40(48)34-22-31-29(33(34)24-38(47)55-28)18-19-30-32(31)23-37(42(30)52-12-2)57-45-44(51-10)43(50-9)41(49-8)27(5)54-45/h13,15,18-19,22,25-33,35-37,39,41-45H,11-12,14,16-17,20-21,23-24H2,1-10H3/b15-13+/t25-,26-,27+,28+,29?,30?,31?,32?,33?,35+,36+,37+,39?,41+,42+,43-,44-,45+/m1/s1. The summed E-state index contributed by atoms with van der Waals surface area (Å²) in [5.74, 6) is -0.792. The number of cyclic esters (lactones) is 1. The minimum Gasteiger partial charge on any atom is -0.458 e. The molecule has 322 valence electrons. The molecule has 0 aromatic rings. The Labute approximate surface area is 341 Å². The summed E-state index contributed by atoms with van der Waals surface area (Å²) in [5, 5.41) is 0. The zero-order valence-electron chi connectivity index (χ0n) is 36.1. The number of ether oxygens (including phenoxy) is 9. The second-order valence-corrected chi connectivity index (χ2v) is 17.4. The summed E-state index contributed by atoms with van der Waals surface area (Å²) in [6.45, 7) is 10.7. The van der Waals surface area contributed by atoms with Gasteiger partial charge in [-0.1, -0.05) is 38.2 Å². The molecule has 6 rings (SSSR count). The molecule has 0 aromatic heterocycles. The van der Waals surface area contributed by atoms with Crippen LogP contribution >= 0.6 is 0 Å². The lowest BCUT2D eigenvalue weighted by molar-refractivity contribution is -0.320. The third-order valence-corrected chi connectivity index (χ3v) is 13.8. The fraction of sp³-hybridized carbons (Fsp3) is 0.822. The number of nitrogens with zero attached hydrogens (tertiary/aromatic N) is 1. The van der Waals surface area contributed by atoms with Crippen LogP contribution in [0.1, 0.15) is 86.0 Å². The number of ketones is 1. The lowest BCUT2D eigenvalue weighted by Gasteiger charge is -2.44. The Morgan fingerprint density at radius 3 is 2.21 bits per heavy atom. The first-order chi connectivity index (χ1) is 27.4. The highest BCUT2D eigenvalue weighted by Gasteiger charge is 2.56. The number of allylic oxidation sites excluding steroid dienone is 4. The van der Waals surface area contributed by atoms with Crippen LogP contribution < -0.4 is 0 Å². The van der Waals surface area contributed by atoms with E-state index in [1.807, 2.05) is 26.8 Å². The molecule has 0 aromatic carbocycles. The molecular weight excluding hydrogens is 730 g/mol. The van der Waals surface area contributed by atoms with E-state index in [2.05, 4.69) is 57.1 Å². The van der Waals surface area contributed by atoms with E-state index in [0.29, 0.717) is 31.9 Å². The molecule has 0 radical (unpaired) electrons. The van der Waals surface area contributed by atoms with Crippen molar-refractivity contribution in [2.24, 2.45) is 35.5 Å². The summed E-state index contributed by atoms with van der Waals surface area (Å²) in [6.07, 6.45) is 12.5. The molecule has 3 aliphatic carbocycles. The Bertz CT molecular complexity index is 1430. The molecule has 0 amide bonds. The lowest BCUT2D eigenvalue weighted by Crippen LogP contribution is -2.60. The van der Waals surface area contributed by atoms with Crippen LogP contribution in [0.4, 0.5) is 0 Å². The highest BCUT2D eigenvalue weighted by Crippen LogP contribution is 2.55. The summed E-state index contributed by atoms with van der Waals surface area (Å²) >= 11 is 0. The van der Waals surface area contributed by atoms with Crippen LogP contribution in [0.2, 0.25) is 0 Å². The number of fused-ring (bicyclic) bond motifs is 5. The SMILES string of the molecule is CC/C=C/[C@H]1CCC[C@H](OC2CC[C@H](N(C)C)[C@@H](C)O2)[C@@H](C)C(=O)C2=CC3C(C=CC4C3C[C@H](O[C@@H]3O[C@@H](C)[C@H](OC)[C@@H](OC)[C@H]3OC)[C@H]4OCC)C2CC(=O)O1. The number of esters is 1. The van der Waals surface area contributed by atoms with Crippen LogP contribution in [0.25, 0.3) is 0 Å². The molecule has 4 fully saturated rings. The number of carbonyl (C=O) groups excluding carboxylic acids is 2. The van der Waals surface area contributed by atoms with Crippen molar-refractivity contribution in [3.8, 4) is 0 Å². The van der Waals surface area contributed by atoms with Crippen molar-refractivity contribution < 1.29 is 52.2 Å². The number of rotatable bonds is 12. The van der Waals surface area contributed by atoms with Gasteiger partial charge in [0.1, 0.15) is 24.4 Å². The molecule has 12 heteroatoms. The first-order valence-electron chi connectivity index (χ1n) is 21.7. The van der Waals surface area contributed by atoms with E-state index in [0.717, 1.165) is 31.3 Å². The summed E-state index contributed by atoms with van der Waals surface area (Å²) in [4.78, 5) is 30.9. The topological polar surface area (TPSA) is 120 Å². The van der Waals surface area contributed by atoms with Gasteiger partial charge in [-0.2, -0.15) is 0 Å². The maximum Gasteiger partial charge on any atom is 0.307 e. The third-order valence-electron chi connectivity index (χ3n) is 13.8. The second kappa shape index (κ2) is 20.0. The van der Waals surface area contributed by atoms with Gasteiger partial charge in [0, 0.05) is 51.7 Å². The van der Waals surface area contributed by atoms with Crippen LogP contribution in [0, 0.1) is 35.5 Å². The molecule has 6 aliphatic rings. The minimum atomic E-state index is -0.695. The highest BCUT2D eigenvalue weighted by molar-refractivity contribution is 5.99. The normalized spacial score (nSPS) is 44.2. The fourth-order valence-corrected chi connectivity index (χ4v) is 10.9. The summed E-state index contributed by atoms with van der Waals surface area (Å²) < 4.78 is 56.6. The number of hydrogen-bond acceptors (Lipinski definition) is 12. The first kappa shape index (κ1) is 44.5. The van der Waals surface area contributed by atoms with Gasteiger partial charge < -0.3 is 47.5 Å². The fourth-order valence-electron chi connectivity index (χ4n) is 10.9. The van der Waals surface area contributed by atoms with Crippen molar-refractivity contribution in [1.29, 1.82) is 0 Å². The Kier molecular flexibility index (Phi) is 15.7. The molecule has 0 spiro atoms. The number of carbonyl (C=O) groups is 2. The first-order valence-corrected chi connectivity index (χ1v) is 21.7. The lowest BCUT2D eigenvalue weighted by atomic mass is 9.70. The number of methoxy groups -OCH3 is 3. The summed E-state index contributed by atoms with van der Waals surface area (Å²) in [6, 6.07) is 0.319. The maximum atomic E-state index is 14.9. The number of hydrogen-bond donors (Lipinski definition) is 0. The molecule has 18 atom stereocenters. The predicted octanol–water partition coefficient (Wildman–Crippen LogP) is 6.06. The minimum absolute atomic E-state index is 0.0142. The molecule has 0 N–H and O–H groups in total. The van der Waals surface area contributed by atoms with Gasteiger partial charge in [0.15, 0.2) is 18.4 Å². The average molecular weight is 802 g/mol. The van der Waals surface area contributed by atoms with Crippen molar-refractivity contribution in [1.82, 2.24) is 4.90 Å². The van der Waals surface area contributed by atoms with Crippen molar-refractivity contribution in [3.05, 3.63) is 36.0 Å². The number of likely N-dealkylation sites (N-methyl/N-ethyl adjacent to an activating group) is 1. The number of Topliss-reactive ketones (excluding diaryl/α,β-unsaturated/α-hetero) is 1. The molecule has 12 nitrogen and oxygen atoms in total. The van der Waals surface area contributed by atoms with Crippen LogP contribution in [0.3, 0.4) is 0 Å². The zero-order chi connectivity index (χ0) is 41.0. The van der Waals surface area contributed by atoms with E-state index in [4.69, 9.17) is 42.6 Å². The van der Waals surface area contributed by atoms with Gasteiger partial charge >= 0.3 is 5.97 Å². The molecule has 1 saturated carbocycles. The van der Waals surface area contributed by atoms with Crippen molar-refractivity contribution in [3.63, 3.8) is 0 Å². The van der Waals surface area contributed by atoms with Crippen LogP contribution in [-0.2, 0) is 52.2 Å². The smallest absolute Gasteiger partial charge is 0.307 e. The second-order valence-electron chi connectivity index (χ2n) is 17.4. The van der Waals surface area contributed by atoms with Crippen LogP contribution in [0.5, 0.6) is 0 Å². The van der Waals surface area contributed by atoms with Gasteiger partial charge in [-0.3, -0.25) is 9.59 Å². The Morgan fingerprint density at radius 2 is 1.54 bits per heavy atom. The van der Waals surface area contributed by atoms with E-state index in [1.165, 1.54) is 0 Å². The van der Waals surface area contributed by atoms with E-state index in [-0.39, 0.29) is 103 Å².